The third kappa shape index (κ3) is 6.45. The summed E-state index contributed by atoms with van der Waals surface area (Å²) in [6.07, 6.45) is 1.11. The summed E-state index contributed by atoms with van der Waals surface area (Å²) in [5.74, 6) is 0.665. The molecule has 0 radical (unpaired) electrons. The summed E-state index contributed by atoms with van der Waals surface area (Å²) in [7, 11) is 0. The second-order valence-electron chi connectivity index (χ2n) is 4.03. The van der Waals surface area contributed by atoms with E-state index in [0.29, 0.717) is 32.6 Å². The van der Waals surface area contributed by atoms with Gasteiger partial charge in [-0.1, -0.05) is 6.07 Å². The molecule has 2 N–H and O–H groups in total. The third-order valence-corrected chi connectivity index (χ3v) is 2.60. The molecule has 0 heterocycles. The highest BCUT2D eigenvalue weighted by molar-refractivity contribution is 5.85. The lowest BCUT2D eigenvalue weighted by Gasteiger charge is -2.09. The van der Waals surface area contributed by atoms with Gasteiger partial charge in [0, 0.05) is 13.0 Å². The summed E-state index contributed by atoms with van der Waals surface area (Å²) < 4.78 is 10.3. The van der Waals surface area contributed by atoms with Gasteiger partial charge in [0.2, 0.25) is 0 Å². The topological polar surface area (TPSA) is 61.5 Å². The van der Waals surface area contributed by atoms with Crippen molar-refractivity contribution in [3.05, 3.63) is 29.3 Å². The van der Waals surface area contributed by atoms with E-state index in [1.165, 1.54) is 0 Å². The van der Waals surface area contributed by atoms with E-state index in [1.54, 1.807) is 0 Å². The van der Waals surface area contributed by atoms with Gasteiger partial charge < -0.3 is 15.2 Å². The van der Waals surface area contributed by atoms with Crippen LogP contribution in [0, 0.1) is 6.92 Å². The van der Waals surface area contributed by atoms with Crippen molar-refractivity contribution in [3.63, 3.8) is 0 Å². The Balaban J connectivity index is 0.00000324. The predicted octanol–water partition coefficient (Wildman–Crippen LogP) is 2.25. The highest BCUT2D eigenvalue weighted by Crippen LogP contribution is 2.18. The molecule has 1 aromatic rings. The number of nitrogens with two attached hydrogens (primary N) is 1. The lowest BCUT2D eigenvalue weighted by Crippen LogP contribution is -2.10. The van der Waals surface area contributed by atoms with E-state index in [0.717, 1.165) is 16.9 Å². The van der Waals surface area contributed by atoms with Crippen molar-refractivity contribution in [2.45, 2.75) is 26.7 Å². The van der Waals surface area contributed by atoms with Gasteiger partial charge in [-0.05, 0) is 43.5 Å². The van der Waals surface area contributed by atoms with Gasteiger partial charge in [0.1, 0.15) is 12.4 Å². The van der Waals surface area contributed by atoms with Crippen molar-refractivity contribution in [2.24, 2.45) is 5.73 Å². The summed E-state index contributed by atoms with van der Waals surface area (Å²) in [5.41, 5.74) is 7.64. The number of halogens is 1. The van der Waals surface area contributed by atoms with Crippen LogP contribution in [0.3, 0.4) is 0 Å². The van der Waals surface area contributed by atoms with Crippen molar-refractivity contribution in [3.8, 4) is 5.75 Å². The van der Waals surface area contributed by atoms with Crippen LogP contribution in [-0.2, 0) is 16.0 Å². The van der Waals surface area contributed by atoms with Gasteiger partial charge in [-0.15, -0.1) is 12.4 Å². The smallest absolute Gasteiger partial charge is 0.306 e. The minimum atomic E-state index is -0.152. The van der Waals surface area contributed by atoms with E-state index < -0.39 is 0 Å². The first-order valence-electron chi connectivity index (χ1n) is 6.25. The first-order chi connectivity index (χ1) is 8.67. The van der Waals surface area contributed by atoms with Crippen molar-refractivity contribution in [1.29, 1.82) is 0 Å². The van der Waals surface area contributed by atoms with Crippen LogP contribution in [0.2, 0.25) is 0 Å². The molecule has 4 nitrogen and oxygen atoms in total. The van der Waals surface area contributed by atoms with Crippen LogP contribution >= 0.6 is 12.4 Å². The molecule has 0 aliphatic rings. The first-order valence-corrected chi connectivity index (χ1v) is 6.25. The maximum atomic E-state index is 11.3. The van der Waals surface area contributed by atoms with Crippen LogP contribution in [0.15, 0.2) is 18.2 Å². The lowest BCUT2D eigenvalue weighted by molar-refractivity contribution is -0.143. The fraction of sp³-hybridized carbons (Fsp3) is 0.500. The Morgan fingerprint density at radius 2 is 2.11 bits per heavy atom. The number of hydrogen-bond acceptors (Lipinski definition) is 4. The molecule has 0 atom stereocenters. The molecule has 0 amide bonds. The zero-order chi connectivity index (χ0) is 13.4. The van der Waals surface area contributed by atoms with Crippen LogP contribution in [0.25, 0.3) is 0 Å². The fourth-order valence-corrected chi connectivity index (χ4v) is 1.69. The normalized spacial score (nSPS) is 9.63. The zero-order valence-corrected chi connectivity index (χ0v) is 12.3. The van der Waals surface area contributed by atoms with E-state index in [4.69, 9.17) is 15.2 Å². The second kappa shape index (κ2) is 9.64. The molecule has 0 aromatic heterocycles. The van der Waals surface area contributed by atoms with Crippen molar-refractivity contribution in [1.82, 2.24) is 0 Å². The number of ether oxygens (including phenoxy) is 2. The predicted molar refractivity (Wildman–Crippen MR) is 77.9 cm³/mol. The Labute approximate surface area is 120 Å². The van der Waals surface area contributed by atoms with Gasteiger partial charge in [-0.3, -0.25) is 4.79 Å². The van der Waals surface area contributed by atoms with Crippen LogP contribution in [0.1, 0.15) is 24.5 Å². The molecule has 0 saturated heterocycles. The van der Waals surface area contributed by atoms with Gasteiger partial charge >= 0.3 is 5.97 Å². The molecule has 19 heavy (non-hydrogen) atoms. The number of benzene rings is 1. The molecule has 0 saturated carbocycles. The van der Waals surface area contributed by atoms with Crippen molar-refractivity contribution < 1.29 is 14.3 Å². The molecule has 5 heteroatoms. The maximum Gasteiger partial charge on any atom is 0.306 e. The van der Waals surface area contributed by atoms with Gasteiger partial charge in [-0.2, -0.15) is 0 Å². The maximum absolute atomic E-state index is 11.3. The molecule has 0 bridgehead atoms. The average Bonchev–Trinajstić information content (AvgIpc) is 2.35. The molecule has 0 aliphatic carbocycles. The summed E-state index contributed by atoms with van der Waals surface area (Å²) >= 11 is 0. The summed E-state index contributed by atoms with van der Waals surface area (Å²) in [6, 6.07) is 5.86. The van der Waals surface area contributed by atoms with Gasteiger partial charge in [0.05, 0.1) is 6.61 Å². The van der Waals surface area contributed by atoms with Crippen molar-refractivity contribution >= 4 is 18.4 Å². The zero-order valence-electron chi connectivity index (χ0n) is 11.5. The summed E-state index contributed by atoms with van der Waals surface area (Å²) in [5, 5.41) is 0. The Hall–Kier alpha value is -1.26. The standard InChI is InChI=1S/C14H21NO3.ClH/c1-3-17-14(16)7-5-12-4-6-13(10-11(12)2)18-9-8-15;/h4,6,10H,3,5,7-9,15H2,1-2H3;1H. The Kier molecular flexibility index (Phi) is 9.00. The number of carbonyl (C=O) groups is 1. The van der Waals surface area contributed by atoms with Crippen LogP contribution in [-0.4, -0.2) is 25.7 Å². The van der Waals surface area contributed by atoms with E-state index in [9.17, 15) is 4.79 Å². The molecular weight excluding hydrogens is 266 g/mol. The van der Waals surface area contributed by atoms with E-state index >= 15 is 0 Å². The lowest BCUT2D eigenvalue weighted by atomic mass is 10.0. The van der Waals surface area contributed by atoms with Crippen LogP contribution in [0.5, 0.6) is 5.75 Å². The number of carbonyl (C=O) groups excluding carboxylic acids is 1. The summed E-state index contributed by atoms with van der Waals surface area (Å²) in [6.45, 7) is 5.28. The molecular formula is C14H22ClNO3. The van der Waals surface area contributed by atoms with E-state index in [2.05, 4.69) is 0 Å². The van der Waals surface area contributed by atoms with Gasteiger partial charge in [0.25, 0.3) is 0 Å². The quantitative estimate of drug-likeness (QED) is 0.782. The molecule has 0 unspecified atom stereocenters. The number of hydrogen-bond donors (Lipinski definition) is 1. The number of aryl methyl sites for hydroxylation is 2. The summed E-state index contributed by atoms with van der Waals surface area (Å²) in [4.78, 5) is 11.3. The monoisotopic (exact) mass is 287 g/mol. The van der Waals surface area contributed by atoms with E-state index in [-0.39, 0.29) is 18.4 Å². The van der Waals surface area contributed by atoms with Crippen molar-refractivity contribution in [2.75, 3.05) is 19.8 Å². The Bertz CT molecular complexity index is 396. The highest BCUT2D eigenvalue weighted by atomic mass is 35.5. The van der Waals surface area contributed by atoms with Crippen LogP contribution < -0.4 is 10.5 Å². The van der Waals surface area contributed by atoms with Crippen LogP contribution in [0.4, 0.5) is 0 Å². The Morgan fingerprint density at radius 3 is 2.68 bits per heavy atom. The SMILES string of the molecule is CCOC(=O)CCc1ccc(OCCN)cc1C.Cl. The number of esters is 1. The minimum Gasteiger partial charge on any atom is -0.492 e. The van der Waals surface area contributed by atoms with Gasteiger partial charge in [-0.25, -0.2) is 0 Å². The molecule has 0 fully saturated rings. The first kappa shape index (κ1) is 17.7. The van der Waals surface area contributed by atoms with E-state index in [1.807, 2.05) is 32.0 Å². The average molecular weight is 288 g/mol. The Morgan fingerprint density at radius 1 is 1.37 bits per heavy atom. The highest BCUT2D eigenvalue weighted by Gasteiger charge is 2.05. The largest absolute Gasteiger partial charge is 0.492 e. The second-order valence-corrected chi connectivity index (χ2v) is 4.03. The molecule has 108 valence electrons. The van der Waals surface area contributed by atoms with Gasteiger partial charge in [0.15, 0.2) is 0 Å². The molecule has 1 rings (SSSR count). The fourth-order valence-electron chi connectivity index (χ4n) is 1.69. The molecule has 0 spiro atoms. The molecule has 1 aromatic carbocycles. The molecule has 0 aliphatic heterocycles. The minimum absolute atomic E-state index is 0. The number of rotatable bonds is 7. The third-order valence-electron chi connectivity index (χ3n) is 2.60.